The highest BCUT2D eigenvalue weighted by Gasteiger charge is 2.31. The Bertz CT molecular complexity index is 1250. The van der Waals surface area contributed by atoms with Crippen LogP contribution < -0.4 is 5.32 Å². The molecule has 1 fully saturated rings. The van der Waals surface area contributed by atoms with Crippen molar-refractivity contribution in [2.75, 3.05) is 25.0 Å². The first-order valence-electron chi connectivity index (χ1n) is 11.6. The molecule has 0 unspecified atom stereocenters. The molecule has 9 nitrogen and oxygen atoms in total. The number of carboxylic acid groups (broad SMARTS) is 1. The number of aliphatic carboxylic acids is 1. The number of aryl methyl sites for hydroxylation is 1. The van der Waals surface area contributed by atoms with E-state index in [1.807, 2.05) is 36.4 Å². The Kier molecular flexibility index (Phi) is 5.98. The molecule has 2 aliphatic rings. The molecule has 0 radical (unpaired) electrons. The molecule has 0 spiro atoms. The number of ether oxygens (including phenoxy) is 1. The lowest BCUT2D eigenvalue weighted by Gasteiger charge is -2.19. The van der Waals surface area contributed by atoms with E-state index in [2.05, 4.69) is 22.5 Å². The van der Waals surface area contributed by atoms with Crippen molar-refractivity contribution in [3.8, 4) is 11.1 Å². The summed E-state index contributed by atoms with van der Waals surface area (Å²) in [4.78, 5) is 38.0. The van der Waals surface area contributed by atoms with Gasteiger partial charge in [0.2, 0.25) is 0 Å². The Morgan fingerprint density at radius 3 is 2.31 bits per heavy atom. The predicted octanol–water partition coefficient (Wildman–Crippen LogP) is 3.72. The average molecular weight is 475 g/mol. The van der Waals surface area contributed by atoms with E-state index >= 15 is 0 Å². The third-order valence-corrected chi connectivity index (χ3v) is 6.46. The zero-order valence-electron chi connectivity index (χ0n) is 19.3. The molecule has 180 valence electrons. The lowest BCUT2D eigenvalue weighted by atomic mass is 9.98. The van der Waals surface area contributed by atoms with E-state index in [1.165, 1.54) is 15.6 Å². The first kappa shape index (κ1) is 22.6. The minimum Gasteiger partial charge on any atom is -0.480 e. The molecule has 1 saturated carbocycles. The Morgan fingerprint density at radius 2 is 1.71 bits per heavy atom. The quantitative estimate of drug-likeness (QED) is 0.514. The number of fused-ring (bicyclic) bond motifs is 3. The molecule has 2 N–H and O–H groups in total. The smallest absolute Gasteiger partial charge is 0.412 e. The molecule has 0 saturated heterocycles. The van der Waals surface area contributed by atoms with Gasteiger partial charge in [-0.3, -0.25) is 19.6 Å². The van der Waals surface area contributed by atoms with Crippen molar-refractivity contribution in [3.63, 3.8) is 0 Å². The highest BCUT2D eigenvalue weighted by Crippen LogP contribution is 2.44. The Balaban J connectivity index is 1.25. The van der Waals surface area contributed by atoms with Gasteiger partial charge in [0.25, 0.3) is 5.91 Å². The number of benzene rings is 2. The summed E-state index contributed by atoms with van der Waals surface area (Å²) >= 11 is 0. The molecule has 0 bridgehead atoms. The zero-order chi connectivity index (χ0) is 24.5. The van der Waals surface area contributed by atoms with Crippen molar-refractivity contribution >= 4 is 23.8 Å². The van der Waals surface area contributed by atoms with Gasteiger partial charge in [0.15, 0.2) is 5.69 Å². The average Bonchev–Trinajstić information content (AvgIpc) is 3.51. The van der Waals surface area contributed by atoms with Gasteiger partial charge in [-0.1, -0.05) is 48.5 Å². The van der Waals surface area contributed by atoms with Crippen molar-refractivity contribution < 1.29 is 24.2 Å². The number of carbonyl (C=O) groups excluding carboxylic acids is 2. The molecule has 35 heavy (non-hydrogen) atoms. The van der Waals surface area contributed by atoms with E-state index < -0.39 is 18.0 Å². The lowest BCUT2D eigenvalue weighted by molar-refractivity contribution is -0.137. The fourth-order valence-electron chi connectivity index (χ4n) is 4.58. The number of nitrogens with one attached hydrogen (secondary N) is 1. The van der Waals surface area contributed by atoms with E-state index in [9.17, 15) is 19.5 Å². The summed E-state index contributed by atoms with van der Waals surface area (Å²) in [6.45, 7) is 0.162. The van der Waals surface area contributed by atoms with E-state index in [0.717, 1.165) is 35.1 Å². The van der Waals surface area contributed by atoms with E-state index in [-0.39, 0.29) is 30.6 Å². The van der Waals surface area contributed by atoms with Crippen LogP contribution >= 0.6 is 0 Å². The number of amides is 2. The molecule has 1 heterocycles. The molecule has 0 aliphatic heterocycles. The van der Waals surface area contributed by atoms with Gasteiger partial charge in [-0.2, -0.15) is 5.10 Å². The van der Waals surface area contributed by atoms with Crippen molar-refractivity contribution in [3.05, 3.63) is 71.4 Å². The lowest BCUT2D eigenvalue weighted by Crippen LogP contribution is -2.37. The molecule has 9 heteroatoms. The summed E-state index contributed by atoms with van der Waals surface area (Å²) in [5, 5.41) is 16.0. The van der Waals surface area contributed by atoms with Gasteiger partial charge in [0.05, 0.1) is 0 Å². The summed E-state index contributed by atoms with van der Waals surface area (Å²) in [5.74, 6) is -1.00. The third kappa shape index (κ3) is 4.75. The van der Waals surface area contributed by atoms with Crippen LogP contribution in [0.1, 0.15) is 40.4 Å². The first-order valence-corrected chi connectivity index (χ1v) is 11.6. The number of rotatable bonds is 8. The van der Waals surface area contributed by atoms with Gasteiger partial charge >= 0.3 is 12.1 Å². The van der Waals surface area contributed by atoms with Crippen LogP contribution in [0.2, 0.25) is 0 Å². The van der Waals surface area contributed by atoms with Crippen molar-refractivity contribution in [1.82, 2.24) is 14.7 Å². The summed E-state index contributed by atoms with van der Waals surface area (Å²) in [5.41, 5.74) is 4.59. The van der Waals surface area contributed by atoms with Crippen molar-refractivity contribution in [2.24, 2.45) is 13.0 Å². The second-order valence-electron chi connectivity index (χ2n) is 9.01. The van der Waals surface area contributed by atoms with E-state index in [0.29, 0.717) is 12.5 Å². The van der Waals surface area contributed by atoms with Crippen molar-refractivity contribution in [2.45, 2.75) is 18.8 Å². The van der Waals surface area contributed by atoms with Crippen LogP contribution in [0.4, 0.5) is 10.6 Å². The Hall–Kier alpha value is -4.14. The van der Waals surface area contributed by atoms with E-state index in [1.54, 1.807) is 7.05 Å². The van der Waals surface area contributed by atoms with Crippen LogP contribution in [0.3, 0.4) is 0 Å². The van der Waals surface area contributed by atoms with Crippen LogP contribution in [-0.2, 0) is 16.6 Å². The summed E-state index contributed by atoms with van der Waals surface area (Å²) in [6, 6.07) is 17.6. The third-order valence-electron chi connectivity index (χ3n) is 6.46. The second kappa shape index (κ2) is 9.25. The van der Waals surface area contributed by atoms with Gasteiger partial charge in [-0.15, -0.1) is 0 Å². The van der Waals surface area contributed by atoms with Crippen molar-refractivity contribution in [1.29, 1.82) is 0 Å². The fourth-order valence-corrected chi connectivity index (χ4v) is 4.58. The number of carboxylic acids is 1. The first-order chi connectivity index (χ1) is 16.9. The van der Waals surface area contributed by atoms with Gasteiger partial charge in [0.1, 0.15) is 19.0 Å². The van der Waals surface area contributed by atoms with Gasteiger partial charge in [0, 0.05) is 25.6 Å². The monoisotopic (exact) mass is 474 g/mol. The fraction of sp³-hybridized carbons (Fsp3) is 0.308. The number of hydrogen-bond acceptors (Lipinski definition) is 5. The van der Waals surface area contributed by atoms with Gasteiger partial charge < -0.3 is 14.7 Å². The van der Waals surface area contributed by atoms with Crippen LogP contribution in [-0.4, -0.2) is 57.5 Å². The van der Waals surface area contributed by atoms with Crippen LogP contribution in [0, 0.1) is 5.92 Å². The van der Waals surface area contributed by atoms with Crippen LogP contribution in [0.15, 0.2) is 54.6 Å². The van der Waals surface area contributed by atoms with Gasteiger partial charge in [-0.05, 0) is 41.0 Å². The highest BCUT2D eigenvalue weighted by atomic mass is 16.5. The minimum atomic E-state index is -1.08. The zero-order valence-corrected chi connectivity index (χ0v) is 19.3. The molecule has 5 rings (SSSR count). The summed E-state index contributed by atoms with van der Waals surface area (Å²) in [7, 11) is 1.60. The highest BCUT2D eigenvalue weighted by molar-refractivity contribution is 5.96. The summed E-state index contributed by atoms with van der Waals surface area (Å²) in [6.07, 6.45) is 1.31. The largest absolute Gasteiger partial charge is 0.480 e. The Morgan fingerprint density at radius 1 is 1.09 bits per heavy atom. The van der Waals surface area contributed by atoms with Gasteiger partial charge in [-0.25, -0.2) is 4.79 Å². The SMILES string of the molecule is Cn1nc(C(=O)N(CC(=O)O)CC2CC2)cc1NC(=O)OCC1c2ccccc2-c2ccccc21. The molecule has 2 amide bonds. The normalized spacial score (nSPS) is 14.2. The summed E-state index contributed by atoms with van der Waals surface area (Å²) < 4.78 is 6.93. The topological polar surface area (TPSA) is 114 Å². The molecule has 0 atom stereocenters. The molecular weight excluding hydrogens is 448 g/mol. The number of nitrogens with zero attached hydrogens (tertiary/aromatic N) is 3. The maximum Gasteiger partial charge on any atom is 0.412 e. The number of carbonyl (C=O) groups is 3. The minimum absolute atomic E-state index is 0.0659. The van der Waals surface area contributed by atoms with Crippen LogP contribution in [0.25, 0.3) is 11.1 Å². The number of aromatic nitrogens is 2. The Labute approximate surface area is 202 Å². The molecule has 2 aliphatic carbocycles. The van der Waals surface area contributed by atoms with E-state index in [4.69, 9.17) is 4.74 Å². The number of anilines is 1. The standard InChI is InChI=1S/C26H26N4O5/c1-29-23(12-22(28-29)25(33)30(14-24(31)32)13-16-10-11-16)27-26(34)35-15-21-19-8-4-2-6-17(19)18-7-3-5-9-20(18)21/h2-9,12,16,21H,10-11,13-15H2,1H3,(H,27,34)(H,31,32). The maximum atomic E-state index is 12.9. The second-order valence-corrected chi connectivity index (χ2v) is 9.01. The molecule has 3 aromatic rings. The molecule has 1 aromatic heterocycles. The molecular formula is C26H26N4O5. The molecule has 2 aromatic carbocycles. The number of hydrogen-bond donors (Lipinski definition) is 2. The predicted molar refractivity (Wildman–Crippen MR) is 128 cm³/mol. The van der Waals surface area contributed by atoms with Crippen LogP contribution in [0.5, 0.6) is 0 Å². The maximum absolute atomic E-state index is 12.9.